The van der Waals surface area contributed by atoms with Gasteiger partial charge < -0.3 is 19.9 Å². The van der Waals surface area contributed by atoms with Gasteiger partial charge >= 0.3 is 6.09 Å². The number of nitrogens with one attached hydrogen (secondary N) is 2. The van der Waals surface area contributed by atoms with Gasteiger partial charge in [-0.05, 0) is 53.1 Å². The Morgan fingerprint density at radius 2 is 1.71 bits per heavy atom. The Morgan fingerprint density at radius 3 is 2.42 bits per heavy atom. The van der Waals surface area contributed by atoms with E-state index in [-0.39, 0.29) is 12.3 Å². The minimum absolute atomic E-state index is 0.243. The van der Waals surface area contributed by atoms with Crippen LogP contribution in [0.2, 0.25) is 0 Å². The standard InChI is InChI=1S/C30H24N4O4/c1-37-26-15-21-14-25-28(20-7-5-18(6-8-20)19-9-11-23(35)12-10-19)33-34-29(25)24(21)16-27(26)38-30(36)32-17-22-4-2-3-13-31-22/h2-13,15-16,35H,14,17H2,1H3,(H,32,36)(H,33,34). The third kappa shape index (κ3) is 4.43. The number of rotatable bonds is 6. The zero-order valence-corrected chi connectivity index (χ0v) is 20.6. The molecule has 5 aromatic rings. The molecule has 0 atom stereocenters. The highest BCUT2D eigenvalue weighted by molar-refractivity contribution is 5.84. The van der Waals surface area contributed by atoms with Gasteiger partial charge in [0.15, 0.2) is 11.5 Å². The molecule has 0 aliphatic heterocycles. The molecule has 188 valence electrons. The number of aromatic amines is 1. The van der Waals surface area contributed by atoms with E-state index >= 15 is 0 Å². The predicted octanol–water partition coefficient (Wildman–Crippen LogP) is 5.71. The van der Waals surface area contributed by atoms with Gasteiger partial charge in [-0.1, -0.05) is 42.5 Å². The Balaban J connectivity index is 1.23. The van der Waals surface area contributed by atoms with Gasteiger partial charge in [0.05, 0.1) is 30.7 Å². The lowest BCUT2D eigenvalue weighted by Gasteiger charge is -2.12. The summed E-state index contributed by atoms with van der Waals surface area (Å²) in [4.78, 5) is 16.7. The van der Waals surface area contributed by atoms with E-state index < -0.39 is 6.09 Å². The molecule has 0 unspecified atom stereocenters. The minimum Gasteiger partial charge on any atom is -0.508 e. The number of phenolic OH excluding ortho intramolecular Hbond substituents is 1. The van der Waals surface area contributed by atoms with Gasteiger partial charge in [0.25, 0.3) is 0 Å². The van der Waals surface area contributed by atoms with Crippen LogP contribution >= 0.6 is 0 Å². The molecule has 3 aromatic carbocycles. The van der Waals surface area contributed by atoms with E-state index in [0.717, 1.165) is 50.5 Å². The molecule has 0 bridgehead atoms. The Kier molecular flexibility index (Phi) is 5.97. The van der Waals surface area contributed by atoms with E-state index in [1.165, 1.54) is 0 Å². The summed E-state index contributed by atoms with van der Waals surface area (Å²) < 4.78 is 11.1. The molecular weight excluding hydrogens is 480 g/mol. The first-order valence-corrected chi connectivity index (χ1v) is 12.1. The van der Waals surface area contributed by atoms with Crippen LogP contribution in [0.25, 0.3) is 33.6 Å². The second-order valence-electron chi connectivity index (χ2n) is 8.95. The molecule has 8 nitrogen and oxygen atoms in total. The van der Waals surface area contributed by atoms with Crippen molar-refractivity contribution in [2.45, 2.75) is 13.0 Å². The Hall–Kier alpha value is -5.11. The zero-order chi connectivity index (χ0) is 26.1. The number of nitrogens with zero attached hydrogens (tertiary/aromatic N) is 2. The summed E-state index contributed by atoms with van der Waals surface area (Å²) in [5.74, 6) is 1.05. The number of aromatic hydroxyl groups is 1. The average molecular weight is 505 g/mol. The summed E-state index contributed by atoms with van der Waals surface area (Å²) in [6.45, 7) is 0.256. The van der Waals surface area contributed by atoms with Crippen LogP contribution in [0, 0.1) is 0 Å². The van der Waals surface area contributed by atoms with Crippen molar-refractivity contribution < 1.29 is 19.4 Å². The maximum atomic E-state index is 12.5. The molecule has 1 aliphatic carbocycles. The molecule has 0 fully saturated rings. The number of methoxy groups -OCH3 is 1. The SMILES string of the molecule is COc1cc2c(cc1OC(=O)NCc1ccccn1)-c1[nH]nc(-c3ccc(-c4ccc(O)cc4)cc3)c1C2. The van der Waals surface area contributed by atoms with Crippen molar-refractivity contribution in [3.05, 3.63) is 102 Å². The van der Waals surface area contributed by atoms with Crippen LogP contribution in [-0.4, -0.2) is 33.5 Å². The van der Waals surface area contributed by atoms with Crippen molar-refractivity contribution in [1.82, 2.24) is 20.5 Å². The summed E-state index contributed by atoms with van der Waals surface area (Å²) >= 11 is 0. The molecule has 0 spiro atoms. The average Bonchev–Trinajstić information content (AvgIpc) is 3.52. The molecule has 2 aromatic heterocycles. The molecular formula is C30H24N4O4. The van der Waals surface area contributed by atoms with Crippen molar-refractivity contribution >= 4 is 6.09 Å². The van der Waals surface area contributed by atoms with Gasteiger partial charge in [-0.2, -0.15) is 5.10 Å². The van der Waals surface area contributed by atoms with Crippen LogP contribution < -0.4 is 14.8 Å². The van der Waals surface area contributed by atoms with Crippen LogP contribution in [0.1, 0.15) is 16.8 Å². The predicted molar refractivity (Wildman–Crippen MR) is 143 cm³/mol. The molecule has 8 heteroatoms. The fraction of sp³-hybridized carbons (Fsp3) is 0.100. The van der Waals surface area contributed by atoms with Crippen molar-refractivity contribution in [3.8, 4) is 50.9 Å². The molecule has 6 rings (SSSR count). The monoisotopic (exact) mass is 504 g/mol. The number of aromatic nitrogens is 3. The minimum atomic E-state index is -0.592. The largest absolute Gasteiger partial charge is 0.508 e. The van der Waals surface area contributed by atoms with E-state index in [0.29, 0.717) is 17.9 Å². The summed E-state index contributed by atoms with van der Waals surface area (Å²) in [5.41, 5.74) is 8.65. The van der Waals surface area contributed by atoms with E-state index in [4.69, 9.17) is 9.47 Å². The normalized spacial score (nSPS) is 11.5. The molecule has 3 N–H and O–H groups in total. The molecule has 0 radical (unpaired) electrons. The first-order valence-electron chi connectivity index (χ1n) is 12.1. The zero-order valence-electron chi connectivity index (χ0n) is 20.6. The van der Waals surface area contributed by atoms with Crippen molar-refractivity contribution in [3.63, 3.8) is 0 Å². The molecule has 0 saturated carbocycles. The van der Waals surface area contributed by atoms with Crippen LogP contribution in [0.5, 0.6) is 17.2 Å². The smallest absolute Gasteiger partial charge is 0.413 e. The third-order valence-corrected chi connectivity index (χ3v) is 6.59. The highest BCUT2D eigenvalue weighted by Crippen LogP contribution is 2.45. The third-order valence-electron chi connectivity index (χ3n) is 6.59. The molecule has 1 aliphatic rings. The number of phenols is 1. The first-order chi connectivity index (χ1) is 18.6. The van der Waals surface area contributed by atoms with Crippen molar-refractivity contribution in [2.24, 2.45) is 0 Å². The number of pyridine rings is 1. The number of hydrogen-bond acceptors (Lipinski definition) is 6. The number of H-pyrrole nitrogens is 1. The van der Waals surface area contributed by atoms with Crippen LogP contribution in [0.3, 0.4) is 0 Å². The number of carbonyl (C=O) groups is 1. The van der Waals surface area contributed by atoms with E-state index in [2.05, 4.69) is 20.5 Å². The fourth-order valence-corrected chi connectivity index (χ4v) is 4.69. The second-order valence-corrected chi connectivity index (χ2v) is 8.95. The number of benzene rings is 3. The maximum Gasteiger partial charge on any atom is 0.413 e. The van der Waals surface area contributed by atoms with Gasteiger partial charge in [0.2, 0.25) is 0 Å². The van der Waals surface area contributed by atoms with Crippen molar-refractivity contribution in [1.29, 1.82) is 0 Å². The lowest BCUT2D eigenvalue weighted by molar-refractivity contribution is 0.197. The highest BCUT2D eigenvalue weighted by atomic mass is 16.6. The summed E-state index contributed by atoms with van der Waals surface area (Å²) in [5, 5.41) is 20.0. The molecule has 38 heavy (non-hydrogen) atoms. The second kappa shape index (κ2) is 9.74. The Labute approximate surface area is 218 Å². The van der Waals surface area contributed by atoms with Crippen LogP contribution in [-0.2, 0) is 13.0 Å². The number of ether oxygens (including phenoxy) is 2. The van der Waals surface area contributed by atoms with Gasteiger partial charge in [0, 0.05) is 29.3 Å². The van der Waals surface area contributed by atoms with E-state index in [9.17, 15) is 9.90 Å². The van der Waals surface area contributed by atoms with Crippen LogP contribution in [0.4, 0.5) is 4.79 Å². The van der Waals surface area contributed by atoms with Gasteiger partial charge in [-0.25, -0.2) is 4.79 Å². The van der Waals surface area contributed by atoms with E-state index in [1.54, 1.807) is 25.4 Å². The fourth-order valence-electron chi connectivity index (χ4n) is 4.69. The quantitative estimate of drug-likeness (QED) is 0.268. The number of hydrogen-bond donors (Lipinski definition) is 3. The first kappa shape index (κ1) is 23.3. The number of carbonyl (C=O) groups excluding carboxylic acids is 1. The Bertz CT molecular complexity index is 1610. The maximum absolute atomic E-state index is 12.5. The van der Waals surface area contributed by atoms with Gasteiger partial charge in [-0.3, -0.25) is 10.1 Å². The summed E-state index contributed by atoms with van der Waals surface area (Å²) in [6.07, 6.45) is 1.76. The highest BCUT2D eigenvalue weighted by Gasteiger charge is 2.28. The number of fused-ring (bicyclic) bond motifs is 3. The topological polar surface area (TPSA) is 109 Å². The lowest BCUT2D eigenvalue weighted by Crippen LogP contribution is -2.26. The lowest BCUT2D eigenvalue weighted by atomic mass is 10.0. The van der Waals surface area contributed by atoms with Gasteiger partial charge in [-0.15, -0.1) is 0 Å². The van der Waals surface area contributed by atoms with E-state index in [1.807, 2.05) is 66.7 Å². The van der Waals surface area contributed by atoms with Gasteiger partial charge in [0.1, 0.15) is 5.75 Å². The molecule has 2 heterocycles. The Morgan fingerprint density at radius 1 is 0.974 bits per heavy atom. The summed E-state index contributed by atoms with van der Waals surface area (Å²) in [7, 11) is 1.55. The molecule has 1 amide bonds. The van der Waals surface area contributed by atoms with Crippen LogP contribution in [0.15, 0.2) is 85.1 Å². The molecule has 0 saturated heterocycles. The van der Waals surface area contributed by atoms with Crippen molar-refractivity contribution in [2.75, 3.05) is 7.11 Å². The number of amides is 1. The summed E-state index contributed by atoms with van der Waals surface area (Å²) in [6, 6.07) is 24.5.